The van der Waals surface area contributed by atoms with Crippen LogP contribution in [0.25, 0.3) is 0 Å². The summed E-state index contributed by atoms with van der Waals surface area (Å²) in [4.78, 5) is 37.8. The van der Waals surface area contributed by atoms with E-state index in [1.807, 2.05) is 0 Å². The second kappa shape index (κ2) is 8.96. The van der Waals surface area contributed by atoms with Crippen LogP contribution in [0.4, 0.5) is 22.4 Å². The van der Waals surface area contributed by atoms with Gasteiger partial charge in [0.15, 0.2) is 11.5 Å². The van der Waals surface area contributed by atoms with Crippen molar-refractivity contribution in [2.45, 2.75) is 18.3 Å². The first-order chi connectivity index (χ1) is 15.5. The van der Waals surface area contributed by atoms with Gasteiger partial charge in [-0.05, 0) is 48.4 Å². The smallest absolute Gasteiger partial charge is 0.440 e. The molecule has 176 valence electrons. The van der Waals surface area contributed by atoms with Crippen molar-refractivity contribution in [3.8, 4) is 11.5 Å². The fourth-order valence-electron chi connectivity index (χ4n) is 3.25. The number of ether oxygens (including phenoxy) is 2. The molecule has 2 N–H and O–H groups in total. The third kappa shape index (κ3) is 4.54. The molecule has 8 nitrogen and oxygen atoms in total. The molecule has 0 bridgehead atoms. The van der Waals surface area contributed by atoms with Crippen molar-refractivity contribution in [1.82, 2.24) is 15.5 Å². The standard InChI is InChI=1S/C21H19F4N3O5/c1-32-15-8-3-12(11-16(15)33-2)9-10-28-18(30)20(21(23,24)25,27-19(28)31)26-17(29)13-4-6-14(22)7-5-13/h3-8,11H,9-10H2,1-2H3,(H,26,29)(H,27,31). The summed E-state index contributed by atoms with van der Waals surface area (Å²) in [6.07, 6.45) is -5.34. The maximum absolute atomic E-state index is 13.9. The molecule has 1 aliphatic rings. The molecule has 1 saturated heterocycles. The van der Waals surface area contributed by atoms with Crippen molar-refractivity contribution in [3.05, 3.63) is 59.4 Å². The van der Waals surface area contributed by atoms with Crippen molar-refractivity contribution in [1.29, 1.82) is 0 Å². The highest BCUT2D eigenvalue weighted by molar-refractivity contribution is 6.10. The second-order valence-electron chi connectivity index (χ2n) is 7.04. The highest BCUT2D eigenvalue weighted by Crippen LogP contribution is 2.34. The van der Waals surface area contributed by atoms with Crippen LogP contribution in [0.1, 0.15) is 15.9 Å². The highest BCUT2D eigenvalue weighted by atomic mass is 19.4. The van der Waals surface area contributed by atoms with Crippen LogP contribution in [0.5, 0.6) is 11.5 Å². The number of alkyl halides is 3. The predicted octanol–water partition coefficient (Wildman–Crippen LogP) is 2.63. The lowest BCUT2D eigenvalue weighted by molar-refractivity contribution is -0.200. The zero-order valence-corrected chi connectivity index (χ0v) is 17.5. The minimum Gasteiger partial charge on any atom is -0.493 e. The molecule has 1 aliphatic heterocycles. The molecule has 0 aromatic heterocycles. The molecule has 1 fully saturated rings. The average Bonchev–Trinajstić information content (AvgIpc) is 3.02. The summed E-state index contributed by atoms with van der Waals surface area (Å²) in [6, 6.07) is 7.06. The fraction of sp³-hybridized carbons (Fsp3) is 0.286. The van der Waals surface area contributed by atoms with E-state index in [9.17, 15) is 31.9 Å². The lowest BCUT2D eigenvalue weighted by Gasteiger charge is -2.29. The van der Waals surface area contributed by atoms with E-state index < -0.39 is 42.0 Å². The van der Waals surface area contributed by atoms with Gasteiger partial charge in [-0.25, -0.2) is 9.18 Å². The molecule has 2 aromatic carbocycles. The number of nitrogens with zero attached hydrogens (tertiary/aromatic N) is 1. The molecule has 4 amide bonds. The molecule has 3 rings (SSSR count). The van der Waals surface area contributed by atoms with Crippen molar-refractivity contribution >= 4 is 17.8 Å². The number of methoxy groups -OCH3 is 2. The van der Waals surface area contributed by atoms with E-state index in [2.05, 4.69) is 0 Å². The zero-order chi connectivity index (χ0) is 24.4. The molecule has 33 heavy (non-hydrogen) atoms. The number of carbonyl (C=O) groups excluding carboxylic acids is 3. The van der Waals surface area contributed by atoms with Crippen LogP contribution in [0.3, 0.4) is 0 Å². The molecule has 2 aromatic rings. The molecule has 1 atom stereocenters. The van der Waals surface area contributed by atoms with Gasteiger partial charge in [0.1, 0.15) is 5.82 Å². The van der Waals surface area contributed by atoms with E-state index in [1.165, 1.54) is 14.2 Å². The molecule has 0 spiro atoms. The largest absolute Gasteiger partial charge is 0.493 e. The number of imide groups is 1. The van der Waals surface area contributed by atoms with Gasteiger partial charge >= 0.3 is 12.2 Å². The van der Waals surface area contributed by atoms with Crippen molar-refractivity contribution < 1.29 is 41.4 Å². The maximum Gasteiger partial charge on any atom is 0.440 e. The summed E-state index contributed by atoms with van der Waals surface area (Å²) in [5.74, 6) is -2.92. The number of hydrogen-bond donors (Lipinski definition) is 2. The molecule has 0 aliphatic carbocycles. The quantitative estimate of drug-likeness (QED) is 0.480. The minimum atomic E-state index is -5.35. The van der Waals surface area contributed by atoms with Gasteiger partial charge < -0.3 is 14.8 Å². The Morgan fingerprint density at radius 1 is 1.06 bits per heavy atom. The van der Waals surface area contributed by atoms with Gasteiger partial charge in [0.2, 0.25) is 0 Å². The Morgan fingerprint density at radius 3 is 2.27 bits per heavy atom. The fourth-order valence-corrected chi connectivity index (χ4v) is 3.25. The van der Waals surface area contributed by atoms with Crippen molar-refractivity contribution in [3.63, 3.8) is 0 Å². The Balaban J connectivity index is 1.82. The number of halogens is 4. The number of nitrogens with one attached hydrogen (secondary N) is 2. The van der Waals surface area contributed by atoms with Crippen LogP contribution in [0.2, 0.25) is 0 Å². The number of urea groups is 1. The van der Waals surface area contributed by atoms with Gasteiger partial charge in [-0.2, -0.15) is 13.2 Å². The monoisotopic (exact) mass is 469 g/mol. The van der Waals surface area contributed by atoms with Crippen LogP contribution in [0.15, 0.2) is 42.5 Å². The van der Waals surface area contributed by atoms with E-state index in [0.29, 0.717) is 22.0 Å². The Kier molecular flexibility index (Phi) is 6.47. The molecule has 0 saturated carbocycles. The molecular formula is C21H19F4N3O5. The van der Waals surface area contributed by atoms with Gasteiger partial charge in [0, 0.05) is 12.1 Å². The van der Waals surface area contributed by atoms with E-state index >= 15 is 0 Å². The predicted molar refractivity (Wildman–Crippen MR) is 106 cm³/mol. The van der Waals surface area contributed by atoms with Gasteiger partial charge in [-0.15, -0.1) is 0 Å². The third-order valence-corrected chi connectivity index (χ3v) is 5.01. The molecular weight excluding hydrogens is 450 g/mol. The summed E-state index contributed by atoms with van der Waals surface area (Å²) >= 11 is 0. The summed E-state index contributed by atoms with van der Waals surface area (Å²) < 4.78 is 65.1. The summed E-state index contributed by atoms with van der Waals surface area (Å²) in [7, 11) is 2.84. The Morgan fingerprint density at radius 2 is 1.70 bits per heavy atom. The van der Waals surface area contributed by atoms with Crippen LogP contribution in [0, 0.1) is 5.82 Å². The molecule has 0 radical (unpaired) electrons. The van der Waals surface area contributed by atoms with Gasteiger partial charge in [-0.1, -0.05) is 6.07 Å². The molecule has 12 heteroatoms. The van der Waals surface area contributed by atoms with E-state index in [-0.39, 0.29) is 12.0 Å². The first kappa shape index (κ1) is 23.8. The van der Waals surface area contributed by atoms with Crippen LogP contribution < -0.4 is 20.1 Å². The van der Waals surface area contributed by atoms with Crippen molar-refractivity contribution in [2.24, 2.45) is 0 Å². The maximum atomic E-state index is 13.9. The first-order valence-electron chi connectivity index (χ1n) is 9.52. The lowest BCUT2D eigenvalue weighted by Crippen LogP contribution is -2.69. The highest BCUT2D eigenvalue weighted by Gasteiger charge is 2.68. The van der Waals surface area contributed by atoms with Gasteiger partial charge in [-0.3, -0.25) is 19.8 Å². The zero-order valence-electron chi connectivity index (χ0n) is 17.5. The van der Waals surface area contributed by atoms with E-state index in [1.54, 1.807) is 28.8 Å². The number of hydrogen-bond acceptors (Lipinski definition) is 5. The van der Waals surface area contributed by atoms with Crippen LogP contribution in [-0.2, 0) is 11.2 Å². The van der Waals surface area contributed by atoms with Gasteiger partial charge in [0.05, 0.1) is 14.2 Å². The normalized spacial score (nSPS) is 18.2. The lowest BCUT2D eigenvalue weighted by atomic mass is 10.1. The summed E-state index contributed by atoms with van der Waals surface area (Å²) in [5, 5.41) is 3.12. The number of rotatable bonds is 7. The second-order valence-corrected chi connectivity index (χ2v) is 7.04. The number of amides is 4. The van der Waals surface area contributed by atoms with E-state index in [4.69, 9.17) is 9.47 Å². The minimum absolute atomic E-state index is 0.0133. The Labute approximate surface area is 185 Å². The van der Waals surface area contributed by atoms with Crippen LogP contribution in [-0.4, -0.2) is 55.3 Å². The summed E-state index contributed by atoms with van der Waals surface area (Å²) in [6.45, 7) is -0.398. The molecule has 1 unspecified atom stereocenters. The SMILES string of the molecule is COc1ccc(CCN2C(=O)NC(NC(=O)c3ccc(F)cc3)(C(F)(F)F)C2=O)cc1OC. The number of benzene rings is 2. The third-order valence-electron chi connectivity index (χ3n) is 5.01. The number of carbonyl (C=O) groups is 3. The van der Waals surface area contributed by atoms with Crippen LogP contribution >= 0.6 is 0 Å². The van der Waals surface area contributed by atoms with E-state index in [0.717, 1.165) is 24.3 Å². The topological polar surface area (TPSA) is 97.0 Å². The Hall–Kier alpha value is -3.83. The summed E-state index contributed by atoms with van der Waals surface area (Å²) in [5.41, 5.74) is -3.42. The molecule has 1 heterocycles. The van der Waals surface area contributed by atoms with Crippen molar-refractivity contribution in [2.75, 3.05) is 20.8 Å². The Bertz CT molecular complexity index is 1070. The average molecular weight is 469 g/mol. The van der Waals surface area contributed by atoms with Gasteiger partial charge in [0.25, 0.3) is 17.5 Å². The first-order valence-corrected chi connectivity index (χ1v) is 9.52.